The van der Waals surface area contributed by atoms with Crippen LogP contribution in [0.4, 0.5) is 17.1 Å². The number of anilines is 3. The van der Waals surface area contributed by atoms with Crippen molar-refractivity contribution in [2.24, 2.45) is 0 Å². The molecule has 0 amide bonds. The number of furan rings is 1. The van der Waals surface area contributed by atoms with Gasteiger partial charge in [-0.15, -0.1) is 0 Å². The molecule has 0 atom stereocenters. The number of rotatable bonds is 4. The van der Waals surface area contributed by atoms with Crippen molar-refractivity contribution in [2.45, 2.75) is 0 Å². The molecule has 0 saturated heterocycles. The Bertz CT molecular complexity index is 2270. The molecule has 2 aromatic heterocycles. The molecule has 2 heterocycles. The molecule has 0 unspecified atom stereocenters. The van der Waals surface area contributed by atoms with Crippen LogP contribution in [-0.4, -0.2) is 4.98 Å². The lowest BCUT2D eigenvalue weighted by molar-refractivity contribution is 0.654. The Balaban J connectivity index is 1.29. The lowest BCUT2D eigenvalue weighted by Gasteiger charge is -2.27. The van der Waals surface area contributed by atoms with Crippen molar-refractivity contribution in [2.75, 3.05) is 4.90 Å². The highest BCUT2D eigenvalue weighted by atomic mass is 16.3. The van der Waals surface area contributed by atoms with Gasteiger partial charge in [0.1, 0.15) is 5.58 Å². The standard InChI is InChI=1S/C39H24N2O/c1-2-8-25(9-3-1)26-15-17-27(18-16-26)41(28-19-22-37-35(24-28)33-14-7-23-40-39(33)42-37)36-21-20-32-30-11-5-4-10-29(30)31-12-6-13-34(36)38(31)32/h1-24H. The normalized spacial score (nSPS) is 11.8. The van der Waals surface area contributed by atoms with E-state index in [1.54, 1.807) is 6.20 Å². The van der Waals surface area contributed by atoms with Crippen LogP contribution in [0.1, 0.15) is 0 Å². The molecule has 0 N–H and O–H groups in total. The summed E-state index contributed by atoms with van der Waals surface area (Å²) in [5.74, 6) is 0. The maximum absolute atomic E-state index is 6.08. The van der Waals surface area contributed by atoms with Gasteiger partial charge in [0, 0.05) is 33.7 Å². The fourth-order valence-electron chi connectivity index (χ4n) is 6.59. The quantitative estimate of drug-likeness (QED) is 0.224. The Morgan fingerprint density at radius 1 is 0.476 bits per heavy atom. The summed E-state index contributed by atoms with van der Waals surface area (Å²) in [5, 5.41) is 4.61. The summed E-state index contributed by atoms with van der Waals surface area (Å²) in [6, 6.07) is 49.8. The van der Waals surface area contributed by atoms with E-state index >= 15 is 0 Å². The molecule has 6 aromatic carbocycles. The smallest absolute Gasteiger partial charge is 0.227 e. The Hall–Kier alpha value is -5.67. The minimum absolute atomic E-state index is 0.659. The number of aromatic nitrogens is 1. The second kappa shape index (κ2) is 8.92. The average Bonchev–Trinajstić information content (AvgIpc) is 3.59. The van der Waals surface area contributed by atoms with Gasteiger partial charge in [-0.25, -0.2) is 4.98 Å². The number of fused-ring (bicyclic) bond motifs is 6. The van der Waals surface area contributed by atoms with Crippen LogP contribution < -0.4 is 4.90 Å². The Morgan fingerprint density at radius 2 is 1.17 bits per heavy atom. The molecule has 0 aliphatic heterocycles. The predicted molar refractivity (Wildman–Crippen MR) is 174 cm³/mol. The van der Waals surface area contributed by atoms with Crippen LogP contribution in [0.15, 0.2) is 150 Å². The van der Waals surface area contributed by atoms with Gasteiger partial charge in [-0.05, 0) is 87.3 Å². The molecular formula is C39H24N2O. The Labute approximate surface area is 242 Å². The third-order valence-corrected chi connectivity index (χ3v) is 8.49. The fourth-order valence-corrected chi connectivity index (χ4v) is 6.59. The monoisotopic (exact) mass is 536 g/mol. The molecule has 0 fully saturated rings. The van der Waals surface area contributed by atoms with E-state index in [9.17, 15) is 0 Å². The van der Waals surface area contributed by atoms with Crippen LogP contribution >= 0.6 is 0 Å². The van der Waals surface area contributed by atoms with Crippen molar-refractivity contribution in [3.8, 4) is 33.4 Å². The molecule has 1 aliphatic rings. The van der Waals surface area contributed by atoms with Crippen molar-refractivity contribution in [1.82, 2.24) is 4.98 Å². The first-order valence-corrected chi connectivity index (χ1v) is 14.2. The van der Waals surface area contributed by atoms with Gasteiger partial charge < -0.3 is 9.32 Å². The number of benzene rings is 6. The second-order valence-electron chi connectivity index (χ2n) is 10.8. The molecule has 1 aliphatic carbocycles. The van der Waals surface area contributed by atoms with Crippen LogP contribution in [0.2, 0.25) is 0 Å². The van der Waals surface area contributed by atoms with E-state index in [0.717, 1.165) is 33.4 Å². The van der Waals surface area contributed by atoms with E-state index in [2.05, 4.69) is 143 Å². The number of nitrogens with zero attached hydrogens (tertiary/aromatic N) is 2. The van der Waals surface area contributed by atoms with Gasteiger partial charge >= 0.3 is 0 Å². The van der Waals surface area contributed by atoms with Crippen LogP contribution in [-0.2, 0) is 0 Å². The van der Waals surface area contributed by atoms with E-state index in [0.29, 0.717) is 5.71 Å². The summed E-state index contributed by atoms with van der Waals surface area (Å²) in [7, 11) is 0. The first-order valence-electron chi connectivity index (χ1n) is 14.2. The number of hydrogen-bond acceptors (Lipinski definition) is 3. The number of hydrogen-bond donors (Lipinski definition) is 0. The minimum atomic E-state index is 0.659. The lowest BCUT2D eigenvalue weighted by Crippen LogP contribution is -2.10. The lowest BCUT2D eigenvalue weighted by atomic mass is 9.99. The van der Waals surface area contributed by atoms with Crippen LogP contribution in [0.5, 0.6) is 0 Å². The third kappa shape index (κ3) is 3.37. The molecule has 0 bridgehead atoms. The zero-order valence-corrected chi connectivity index (χ0v) is 22.7. The largest absolute Gasteiger partial charge is 0.438 e. The highest BCUT2D eigenvalue weighted by Gasteiger charge is 2.25. The molecule has 8 aromatic rings. The fraction of sp³-hybridized carbons (Fsp3) is 0. The van der Waals surface area contributed by atoms with Crippen molar-refractivity contribution in [3.05, 3.63) is 146 Å². The third-order valence-electron chi connectivity index (χ3n) is 8.49. The zero-order chi connectivity index (χ0) is 27.6. The van der Waals surface area contributed by atoms with Crippen LogP contribution in [0, 0.1) is 0 Å². The molecule has 9 rings (SSSR count). The first kappa shape index (κ1) is 23.1. The Morgan fingerprint density at radius 3 is 2.00 bits per heavy atom. The summed E-state index contributed by atoms with van der Waals surface area (Å²) >= 11 is 0. The SMILES string of the molecule is c1ccc(-c2ccc(N(c3ccc4oc5ncccc5c4c3)c3ccc4c5c(cccc35)-c3ccccc3-4)cc2)cc1. The summed E-state index contributed by atoms with van der Waals surface area (Å²) in [4.78, 5) is 6.82. The van der Waals surface area contributed by atoms with Crippen molar-refractivity contribution < 1.29 is 4.42 Å². The summed E-state index contributed by atoms with van der Waals surface area (Å²) in [6.07, 6.45) is 1.77. The minimum Gasteiger partial charge on any atom is -0.438 e. The number of pyridine rings is 1. The van der Waals surface area contributed by atoms with Gasteiger partial charge in [-0.2, -0.15) is 0 Å². The van der Waals surface area contributed by atoms with Gasteiger partial charge in [0.15, 0.2) is 0 Å². The van der Waals surface area contributed by atoms with Gasteiger partial charge in [0.2, 0.25) is 5.71 Å². The van der Waals surface area contributed by atoms with Crippen LogP contribution in [0.3, 0.4) is 0 Å². The van der Waals surface area contributed by atoms with Crippen molar-refractivity contribution in [1.29, 1.82) is 0 Å². The van der Waals surface area contributed by atoms with Crippen molar-refractivity contribution >= 4 is 49.9 Å². The van der Waals surface area contributed by atoms with E-state index in [1.807, 2.05) is 6.07 Å². The van der Waals surface area contributed by atoms with Gasteiger partial charge in [0.25, 0.3) is 0 Å². The highest BCUT2D eigenvalue weighted by molar-refractivity contribution is 6.19. The molecule has 0 radical (unpaired) electrons. The van der Waals surface area contributed by atoms with Gasteiger partial charge in [0.05, 0.1) is 5.69 Å². The summed E-state index contributed by atoms with van der Waals surface area (Å²) < 4.78 is 6.08. The maximum atomic E-state index is 6.08. The van der Waals surface area contributed by atoms with Crippen LogP contribution in [0.25, 0.3) is 66.2 Å². The second-order valence-corrected chi connectivity index (χ2v) is 10.8. The molecular weight excluding hydrogens is 512 g/mol. The maximum Gasteiger partial charge on any atom is 0.227 e. The van der Waals surface area contributed by atoms with Gasteiger partial charge in [-0.3, -0.25) is 0 Å². The topological polar surface area (TPSA) is 29.3 Å². The van der Waals surface area contributed by atoms with E-state index in [1.165, 1.54) is 44.2 Å². The predicted octanol–water partition coefficient (Wildman–Crippen LogP) is 10.9. The molecule has 42 heavy (non-hydrogen) atoms. The Kier molecular flexibility index (Phi) is 4.90. The van der Waals surface area contributed by atoms with E-state index < -0.39 is 0 Å². The molecule has 0 spiro atoms. The molecule has 0 saturated carbocycles. The van der Waals surface area contributed by atoms with Crippen molar-refractivity contribution in [3.63, 3.8) is 0 Å². The van der Waals surface area contributed by atoms with E-state index in [-0.39, 0.29) is 0 Å². The van der Waals surface area contributed by atoms with Gasteiger partial charge in [-0.1, -0.05) is 91.0 Å². The van der Waals surface area contributed by atoms with E-state index in [4.69, 9.17) is 4.42 Å². The average molecular weight is 537 g/mol. The molecule has 3 nitrogen and oxygen atoms in total. The summed E-state index contributed by atoms with van der Waals surface area (Å²) in [6.45, 7) is 0. The first-order chi connectivity index (χ1) is 20.8. The summed E-state index contributed by atoms with van der Waals surface area (Å²) in [5.41, 5.74) is 12.4. The zero-order valence-electron chi connectivity index (χ0n) is 22.7. The highest BCUT2D eigenvalue weighted by Crippen LogP contribution is 2.51. The molecule has 3 heteroatoms. The molecule has 196 valence electrons.